The second-order valence-electron chi connectivity index (χ2n) is 7.32. The first kappa shape index (κ1) is 22.2. The van der Waals surface area contributed by atoms with E-state index in [1.807, 2.05) is 6.07 Å². The van der Waals surface area contributed by atoms with Crippen LogP contribution in [0.4, 0.5) is 14.5 Å². The lowest BCUT2D eigenvalue weighted by molar-refractivity contribution is 0.0827. The molecule has 0 spiro atoms. The van der Waals surface area contributed by atoms with Gasteiger partial charge in [-0.2, -0.15) is 5.26 Å². The molecule has 1 atom stereocenters. The number of aliphatic hydroxyl groups excluding tert-OH is 1. The number of hydrogen-bond donors (Lipinski definition) is 3. The van der Waals surface area contributed by atoms with Crippen LogP contribution in [0.1, 0.15) is 5.82 Å². The van der Waals surface area contributed by atoms with Crippen molar-refractivity contribution in [3.63, 3.8) is 0 Å². The van der Waals surface area contributed by atoms with Crippen molar-refractivity contribution in [1.82, 2.24) is 15.0 Å². The van der Waals surface area contributed by atoms with Crippen LogP contribution in [0.25, 0.3) is 33.2 Å². The Bertz CT molecular complexity index is 1370. The monoisotopic (exact) mass is 453 g/mol. The maximum atomic E-state index is 14.3. The lowest BCUT2D eigenvalue weighted by atomic mass is 10.0. The van der Waals surface area contributed by atoms with Gasteiger partial charge in [-0.1, -0.05) is 0 Å². The molecule has 0 aliphatic heterocycles. The average Bonchev–Trinajstić information content (AvgIpc) is 3.18. The molecular formula is C23H21F2N5O3. The zero-order valence-corrected chi connectivity index (χ0v) is 17.9. The Labute approximate surface area is 187 Å². The van der Waals surface area contributed by atoms with Crippen LogP contribution in [0.5, 0.6) is 11.5 Å². The molecule has 10 heteroatoms. The van der Waals surface area contributed by atoms with Crippen molar-refractivity contribution in [2.75, 3.05) is 32.3 Å². The molecule has 170 valence electrons. The number of aromatic nitrogens is 3. The molecule has 1 unspecified atom stereocenters. The lowest BCUT2D eigenvalue weighted by Crippen LogP contribution is -2.19. The van der Waals surface area contributed by atoms with E-state index in [2.05, 4.69) is 20.3 Å². The summed E-state index contributed by atoms with van der Waals surface area (Å²) >= 11 is 0. The van der Waals surface area contributed by atoms with Gasteiger partial charge in [0.05, 0.1) is 22.3 Å². The van der Waals surface area contributed by atoms with E-state index >= 15 is 0 Å². The van der Waals surface area contributed by atoms with Crippen molar-refractivity contribution in [2.24, 2.45) is 0 Å². The van der Waals surface area contributed by atoms with Crippen molar-refractivity contribution in [3.8, 4) is 28.8 Å². The molecule has 0 saturated carbocycles. The second kappa shape index (κ2) is 9.26. The van der Waals surface area contributed by atoms with Crippen LogP contribution in [0.15, 0.2) is 30.3 Å². The number of fused-ring (bicyclic) bond motifs is 3. The van der Waals surface area contributed by atoms with Gasteiger partial charge in [0.2, 0.25) is 0 Å². The Hall–Kier alpha value is -3.97. The summed E-state index contributed by atoms with van der Waals surface area (Å²) in [6.07, 6.45) is -1.28. The number of aromatic amines is 1. The number of nitrogens with zero attached hydrogens (tertiary/aromatic N) is 3. The number of ether oxygens (including phenoxy) is 2. The van der Waals surface area contributed by atoms with E-state index in [9.17, 15) is 13.9 Å². The molecule has 0 aliphatic rings. The number of nitriles is 1. The molecule has 0 radical (unpaired) electrons. The maximum Gasteiger partial charge on any atom is 0.174 e. The largest absolute Gasteiger partial charge is 0.487 e. The minimum Gasteiger partial charge on any atom is -0.487 e. The molecule has 33 heavy (non-hydrogen) atoms. The number of alkyl halides is 1. The third kappa shape index (κ3) is 4.36. The summed E-state index contributed by atoms with van der Waals surface area (Å²) in [6.45, 7) is 0.283. The summed E-state index contributed by atoms with van der Waals surface area (Å²) < 4.78 is 37.9. The van der Waals surface area contributed by atoms with Gasteiger partial charge in [-0.25, -0.2) is 18.7 Å². The Morgan fingerprint density at radius 2 is 2.03 bits per heavy atom. The first-order valence-corrected chi connectivity index (χ1v) is 10.1. The molecule has 2 aromatic heterocycles. The number of benzene rings is 2. The molecule has 4 aromatic rings. The molecular weight excluding hydrogens is 432 g/mol. The number of halogens is 2. The first-order valence-electron chi connectivity index (χ1n) is 10.1. The highest BCUT2D eigenvalue weighted by atomic mass is 19.1. The number of aryl methyl sites for hydroxylation is 1. The smallest absolute Gasteiger partial charge is 0.174 e. The van der Waals surface area contributed by atoms with Gasteiger partial charge in [0, 0.05) is 18.0 Å². The van der Waals surface area contributed by atoms with Gasteiger partial charge in [-0.15, -0.1) is 0 Å². The summed E-state index contributed by atoms with van der Waals surface area (Å²) in [5.74, 6) is 0.561. The topological polar surface area (TPSA) is 116 Å². The van der Waals surface area contributed by atoms with E-state index in [0.717, 1.165) is 0 Å². The van der Waals surface area contributed by atoms with Gasteiger partial charge in [0.25, 0.3) is 0 Å². The number of nitrogens with one attached hydrogen (secondary N) is 2. The van der Waals surface area contributed by atoms with Gasteiger partial charge in [-0.05, 0) is 37.3 Å². The van der Waals surface area contributed by atoms with Crippen molar-refractivity contribution in [1.29, 1.82) is 5.26 Å². The highest BCUT2D eigenvalue weighted by molar-refractivity contribution is 6.15. The van der Waals surface area contributed by atoms with Gasteiger partial charge < -0.3 is 24.9 Å². The number of aliphatic hydroxyl groups is 1. The summed E-state index contributed by atoms with van der Waals surface area (Å²) in [6, 6.07) is 9.64. The zero-order valence-electron chi connectivity index (χ0n) is 17.9. The first-order chi connectivity index (χ1) is 15.9. The summed E-state index contributed by atoms with van der Waals surface area (Å²) in [5, 5.41) is 22.6. The van der Waals surface area contributed by atoms with E-state index in [0.29, 0.717) is 44.7 Å². The average molecular weight is 453 g/mol. The fraction of sp³-hybridized carbons (Fsp3) is 0.261. The van der Waals surface area contributed by atoms with E-state index in [1.54, 1.807) is 32.2 Å². The Balaban J connectivity index is 1.89. The van der Waals surface area contributed by atoms with Crippen LogP contribution in [-0.4, -0.2) is 53.1 Å². The predicted molar refractivity (Wildman–Crippen MR) is 120 cm³/mol. The van der Waals surface area contributed by atoms with Crippen LogP contribution in [-0.2, 0) is 0 Å². The quantitative estimate of drug-likeness (QED) is 0.371. The predicted octanol–water partition coefficient (Wildman–Crippen LogP) is 3.88. The fourth-order valence-electron chi connectivity index (χ4n) is 3.61. The van der Waals surface area contributed by atoms with E-state index in [-0.39, 0.29) is 24.7 Å². The molecule has 8 nitrogen and oxygen atoms in total. The van der Waals surface area contributed by atoms with E-state index < -0.39 is 18.6 Å². The fourth-order valence-corrected chi connectivity index (χ4v) is 3.61. The highest BCUT2D eigenvalue weighted by Gasteiger charge is 2.19. The normalized spacial score (nSPS) is 12.0. The molecule has 0 fully saturated rings. The third-order valence-corrected chi connectivity index (χ3v) is 5.02. The van der Waals surface area contributed by atoms with Crippen LogP contribution in [0.2, 0.25) is 0 Å². The minimum atomic E-state index is -1.28. The van der Waals surface area contributed by atoms with Gasteiger partial charge in [0.1, 0.15) is 42.7 Å². The molecule has 0 bridgehead atoms. The van der Waals surface area contributed by atoms with Crippen molar-refractivity contribution < 1.29 is 23.4 Å². The maximum absolute atomic E-state index is 14.3. The van der Waals surface area contributed by atoms with Crippen LogP contribution in [0, 0.1) is 24.1 Å². The standard InChI is InChI=1S/C23H21F2N5O3/c1-12-28-21(20-16-8-14(25)9-17(27-2)22(16)30-23(20)29-12)13-3-4-18(33-11-15(31)10-24)19(7-13)32-6-5-26/h3-4,7-9,15,27,31H,6,10-11H2,1-2H3,(H,28,29,30). The zero-order chi connectivity index (χ0) is 23.5. The Kier molecular flexibility index (Phi) is 6.24. The highest BCUT2D eigenvalue weighted by Crippen LogP contribution is 2.39. The van der Waals surface area contributed by atoms with E-state index in [4.69, 9.17) is 14.7 Å². The number of H-pyrrole nitrogens is 1. The molecule has 4 rings (SSSR count). The molecule has 0 aliphatic carbocycles. The van der Waals surface area contributed by atoms with Gasteiger partial charge >= 0.3 is 0 Å². The van der Waals surface area contributed by atoms with Crippen LogP contribution < -0.4 is 14.8 Å². The summed E-state index contributed by atoms with van der Waals surface area (Å²) in [4.78, 5) is 12.3. The van der Waals surface area contributed by atoms with Gasteiger partial charge in [0.15, 0.2) is 18.1 Å². The summed E-state index contributed by atoms with van der Waals surface area (Å²) in [5.41, 5.74) is 2.97. The van der Waals surface area contributed by atoms with E-state index in [1.165, 1.54) is 12.1 Å². The molecule has 2 heterocycles. The Morgan fingerprint density at radius 1 is 1.21 bits per heavy atom. The number of rotatable bonds is 8. The van der Waals surface area contributed by atoms with Crippen molar-refractivity contribution in [3.05, 3.63) is 42.0 Å². The molecule has 3 N–H and O–H groups in total. The lowest BCUT2D eigenvalue weighted by Gasteiger charge is -2.14. The van der Waals surface area contributed by atoms with Crippen LogP contribution in [0.3, 0.4) is 0 Å². The number of hydrogen-bond acceptors (Lipinski definition) is 7. The minimum absolute atomic E-state index is 0.228. The van der Waals surface area contributed by atoms with Crippen molar-refractivity contribution in [2.45, 2.75) is 13.0 Å². The van der Waals surface area contributed by atoms with Crippen LogP contribution >= 0.6 is 0 Å². The molecule has 2 aromatic carbocycles. The summed E-state index contributed by atoms with van der Waals surface area (Å²) in [7, 11) is 1.70. The second-order valence-corrected chi connectivity index (χ2v) is 7.32. The molecule has 0 amide bonds. The third-order valence-electron chi connectivity index (χ3n) is 5.02. The Morgan fingerprint density at radius 3 is 2.76 bits per heavy atom. The van der Waals surface area contributed by atoms with Gasteiger partial charge in [-0.3, -0.25) is 0 Å². The number of anilines is 1. The SMILES string of the molecule is CNc1cc(F)cc2c1[nH]c1nc(C)nc(-c3ccc(OCC(O)CF)c(OCC#N)c3)c12. The van der Waals surface area contributed by atoms with Crippen molar-refractivity contribution >= 4 is 27.6 Å². The molecule has 0 saturated heterocycles.